The second-order valence-corrected chi connectivity index (χ2v) is 7.31. The third-order valence-corrected chi connectivity index (χ3v) is 5.28. The van der Waals surface area contributed by atoms with Crippen LogP contribution in [0.1, 0.15) is 39.6 Å². The molecule has 28 heavy (non-hydrogen) atoms. The first-order chi connectivity index (χ1) is 13.4. The molecule has 2 amide bonds. The summed E-state index contributed by atoms with van der Waals surface area (Å²) in [6.45, 7) is 4.56. The van der Waals surface area contributed by atoms with Gasteiger partial charge in [-0.3, -0.25) is 14.4 Å². The number of aryl methyl sites for hydroxylation is 1. The second kappa shape index (κ2) is 8.25. The van der Waals surface area contributed by atoms with Crippen molar-refractivity contribution in [1.29, 1.82) is 0 Å². The molecule has 146 valence electrons. The second-order valence-electron chi connectivity index (χ2n) is 7.31. The summed E-state index contributed by atoms with van der Waals surface area (Å²) in [6, 6.07) is 14.1. The molecule has 1 aliphatic heterocycles. The van der Waals surface area contributed by atoms with Gasteiger partial charge in [-0.25, -0.2) is 0 Å². The van der Waals surface area contributed by atoms with Crippen LogP contribution >= 0.6 is 0 Å². The highest BCUT2D eigenvalue weighted by Crippen LogP contribution is 2.26. The minimum atomic E-state index is -0.805. The Kier molecular flexibility index (Phi) is 5.78. The van der Waals surface area contributed by atoms with Crippen LogP contribution in [0.4, 0.5) is 5.69 Å². The average Bonchev–Trinajstić information content (AvgIpc) is 2.69. The van der Waals surface area contributed by atoms with E-state index in [1.165, 1.54) is 0 Å². The Morgan fingerprint density at radius 3 is 2.43 bits per heavy atom. The summed E-state index contributed by atoms with van der Waals surface area (Å²) in [5.41, 5.74) is 2.48. The number of rotatable bonds is 4. The standard InChI is InChI=1S/C22H24N2O4/c1-14-8-9-17(12-19(14)23-20(25)16-6-4-3-5-7-16)21(26)24-11-10-18(22(27)28)15(2)13-24/h3-9,12,15,18H,10-11,13H2,1-2H3,(H,23,25)(H,27,28). The Morgan fingerprint density at radius 2 is 1.79 bits per heavy atom. The summed E-state index contributed by atoms with van der Waals surface area (Å²) in [5, 5.41) is 12.1. The predicted molar refractivity (Wildman–Crippen MR) is 106 cm³/mol. The number of piperidine rings is 1. The largest absolute Gasteiger partial charge is 0.481 e. The zero-order valence-electron chi connectivity index (χ0n) is 16.0. The maximum absolute atomic E-state index is 12.9. The number of nitrogens with zero attached hydrogens (tertiary/aromatic N) is 1. The summed E-state index contributed by atoms with van der Waals surface area (Å²) in [6.07, 6.45) is 0.450. The fourth-order valence-electron chi connectivity index (χ4n) is 3.55. The number of carbonyl (C=O) groups excluding carboxylic acids is 2. The molecule has 0 spiro atoms. The third kappa shape index (κ3) is 4.22. The van der Waals surface area contributed by atoms with Crippen molar-refractivity contribution in [2.45, 2.75) is 20.3 Å². The van der Waals surface area contributed by atoms with Crippen LogP contribution in [0.2, 0.25) is 0 Å². The number of carboxylic acids is 1. The van der Waals surface area contributed by atoms with Gasteiger partial charge in [-0.2, -0.15) is 0 Å². The molecule has 2 unspecified atom stereocenters. The molecule has 1 heterocycles. The molecule has 6 heteroatoms. The molecule has 1 aliphatic rings. The van der Waals surface area contributed by atoms with Crippen molar-refractivity contribution in [1.82, 2.24) is 4.90 Å². The molecule has 6 nitrogen and oxygen atoms in total. The van der Waals surface area contributed by atoms with Crippen LogP contribution in [-0.4, -0.2) is 40.9 Å². The molecular formula is C22H24N2O4. The highest BCUT2D eigenvalue weighted by molar-refractivity contribution is 6.05. The molecule has 0 bridgehead atoms. The van der Waals surface area contributed by atoms with Gasteiger partial charge in [0.25, 0.3) is 11.8 Å². The Balaban J connectivity index is 1.75. The van der Waals surface area contributed by atoms with Crippen molar-refractivity contribution in [2.24, 2.45) is 11.8 Å². The van der Waals surface area contributed by atoms with Crippen molar-refractivity contribution in [3.05, 3.63) is 65.2 Å². The molecule has 2 aromatic carbocycles. The van der Waals surface area contributed by atoms with Crippen LogP contribution in [0.5, 0.6) is 0 Å². The molecule has 2 aromatic rings. The smallest absolute Gasteiger partial charge is 0.306 e. The van der Waals surface area contributed by atoms with Crippen molar-refractivity contribution in [2.75, 3.05) is 18.4 Å². The quantitative estimate of drug-likeness (QED) is 0.851. The molecule has 1 fully saturated rings. The van der Waals surface area contributed by atoms with Gasteiger partial charge in [-0.1, -0.05) is 31.2 Å². The summed E-state index contributed by atoms with van der Waals surface area (Å²) < 4.78 is 0. The number of anilines is 1. The number of amides is 2. The lowest BCUT2D eigenvalue weighted by molar-refractivity contribution is -0.145. The number of hydrogen-bond donors (Lipinski definition) is 2. The van der Waals surface area contributed by atoms with E-state index in [4.69, 9.17) is 0 Å². The fourth-order valence-corrected chi connectivity index (χ4v) is 3.55. The number of benzene rings is 2. The molecule has 2 N–H and O–H groups in total. The van der Waals surface area contributed by atoms with Crippen LogP contribution in [0.3, 0.4) is 0 Å². The van der Waals surface area contributed by atoms with Gasteiger partial charge in [0.1, 0.15) is 0 Å². The Morgan fingerprint density at radius 1 is 1.07 bits per heavy atom. The van der Waals surface area contributed by atoms with Crippen molar-refractivity contribution >= 4 is 23.5 Å². The molecular weight excluding hydrogens is 356 g/mol. The van der Waals surface area contributed by atoms with Crippen molar-refractivity contribution in [3.8, 4) is 0 Å². The molecule has 0 radical (unpaired) electrons. The first-order valence-electron chi connectivity index (χ1n) is 9.36. The summed E-state index contributed by atoms with van der Waals surface area (Å²) >= 11 is 0. The average molecular weight is 380 g/mol. The van der Waals surface area contributed by atoms with E-state index in [9.17, 15) is 19.5 Å². The van der Waals surface area contributed by atoms with E-state index >= 15 is 0 Å². The van der Waals surface area contributed by atoms with Crippen LogP contribution in [0, 0.1) is 18.8 Å². The minimum Gasteiger partial charge on any atom is -0.481 e. The molecule has 2 atom stereocenters. The number of carboxylic acid groups (broad SMARTS) is 1. The van der Waals surface area contributed by atoms with E-state index in [0.29, 0.717) is 36.3 Å². The first kappa shape index (κ1) is 19.6. The van der Waals surface area contributed by atoms with Gasteiger partial charge in [0.15, 0.2) is 0 Å². The van der Waals surface area contributed by atoms with E-state index in [1.807, 2.05) is 19.9 Å². The Hall–Kier alpha value is -3.15. The van der Waals surface area contributed by atoms with Crippen LogP contribution in [-0.2, 0) is 4.79 Å². The number of nitrogens with one attached hydrogen (secondary N) is 1. The van der Waals surface area contributed by atoms with Crippen LogP contribution < -0.4 is 5.32 Å². The third-order valence-electron chi connectivity index (χ3n) is 5.28. The Bertz CT molecular complexity index is 895. The molecule has 1 saturated heterocycles. The van der Waals surface area contributed by atoms with Gasteiger partial charge < -0.3 is 15.3 Å². The molecule has 0 aromatic heterocycles. The van der Waals surface area contributed by atoms with E-state index in [1.54, 1.807) is 47.4 Å². The highest BCUT2D eigenvalue weighted by Gasteiger charge is 2.33. The fraction of sp³-hybridized carbons (Fsp3) is 0.318. The number of aliphatic carboxylic acids is 1. The lowest BCUT2D eigenvalue weighted by Crippen LogP contribution is -2.45. The van der Waals surface area contributed by atoms with Gasteiger partial charge in [0, 0.05) is 29.9 Å². The predicted octanol–water partition coefficient (Wildman–Crippen LogP) is 3.43. The van der Waals surface area contributed by atoms with Gasteiger partial charge in [-0.15, -0.1) is 0 Å². The maximum Gasteiger partial charge on any atom is 0.306 e. The summed E-state index contributed by atoms with van der Waals surface area (Å²) in [5.74, 6) is -1.70. The van der Waals surface area contributed by atoms with Gasteiger partial charge in [-0.05, 0) is 49.1 Å². The van der Waals surface area contributed by atoms with E-state index in [2.05, 4.69) is 5.32 Å². The zero-order chi connectivity index (χ0) is 20.3. The SMILES string of the molecule is Cc1ccc(C(=O)N2CCC(C(=O)O)C(C)C2)cc1NC(=O)c1ccccc1. The van der Waals surface area contributed by atoms with Gasteiger partial charge >= 0.3 is 5.97 Å². The minimum absolute atomic E-state index is 0.0992. The molecule has 0 aliphatic carbocycles. The van der Waals surface area contributed by atoms with Crippen LogP contribution in [0.15, 0.2) is 48.5 Å². The topological polar surface area (TPSA) is 86.7 Å². The van der Waals surface area contributed by atoms with E-state index < -0.39 is 11.9 Å². The normalized spacial score (nSPS) is 19.1. The lowest BCUT2D eigenvalue weighted by Gasteiger charge is -2.35. The summed E-state index contributed by atoms with van der Waals surface area (Å²) in [4.78, 5) is 38.3. The van der Waals surface area contributed by atoms with E-state index in [0.717, 1.165) is 5.56 Å². The molecule has 0 saturated carbocycles. The number of hydrogen-bond acceptors (Lipinski definition) is 3. The maximum atomic E-state index is 12.9. The van der Waals surface area contributed by atoms with Crippen molar-refractivity contribution in [3.63, 3.8) is 0 Å². The summed E-state index contributed by atoms with van der Waals surface area (Å²) in [7, 11) is 0. The van der Waals surface area contributed by atoms with E-state index in [-0.39, 0.29) is 17.7 Å². The van der Waals surface area contributed by atoms with Gasteiger partial charge in [0.05, 0.1) is 5.92 Å². The van der Waals surface area contributed by atoms with Crippen molar-refractivity contribution < 1.29 is 19.5 Å². The van der Waals surface area contributed by atoms with Gasteiger partial charge in [0.2, 0.25) is 0 Å². The lowest BCUT2D eigenvalue weighted by atomic mass is 9.87. The highest BCUT2D eigenvalue weighted by atomic mass is 16.4. The Labute approximate surface area is 164 Å². The number of carbonyl (C=O) groups is 3. The number of likely N-dealkylation sites (tertiary alicyclic amines) is 1. The molecule has 3 rings (SSSR count). The first-order valence-corrected chi connectivity index (χ1v) is 9.36. The zero-order valence-corrected chi connectivity index (χ0v) is 16.0. The van der Waals surface area contributed by atoms with Crippen LogP contribution in [0.25, 0.3) is 0 Å². The monoisotopic (exact) mass is 380 g/mol.